The first-order chi connectivity index (χ1) is 16.3. The van der Waals surface area contributed by atoms with Crippen molar-refractivity contribution < 1.29 is 27.5 Å². The molecule has 2 aromatic rings. The Hall–Kier alpha value is -2.55. The summed E-state index contributed by atoms with van der Waals surface area (Å²) >= 11 is 0. The fourth-order valence-corrected chi connectivity index (χ4v) is 7.34. The predicted molar refractivity (Wildman–Crippen MR) is 129 cm³/mol. The smallest absolute Gasteiger partial charge is 0.328 e. The van der Waals surface area contributed by atoms with E-state index in [1.54, 1.807) is 6.07 Å². The van der Waals surface area contributed by atoms with Crippen molar-refractivity contribution in [2.75, 3.05) is 33.4 Å². The number of methoxy groups -OCH3 is 1. The Morgan fingerprint density at radius 3 is 2.44 bits per heavy atom. The van der Waals surface area contributed by atoms with Crippen molar-refractivity contribution in [2.45, 2.75) is 43.3 Å². The number of hydrogen-bond donors (Lipinski definition) is 0. The molecule has 2 heterocycles. The molecule has 0 aromatic heterocycles. The average molecular weight is 486 g/mol. The zero-order valence-electron chi connectivity index (χ0n) is 19.7. The summed E-state index contributed by atoms with van der Waals surface area (Å²) in [5.41, 5.74) is 5.01. The van der Waals surface area contributed by atoms with Gasteiger partial charge in [0.2, 0.25) is 10.0 Å². The van der Waals surface area contributed by atoms with Crippen molar-refractivity contribution in [2.24, 2.45) is 0 Å². The van der Waals surface area contributed by atoms with Gasteiger partial charge < -0.3 is 9.47 Å². The van der Waals surface area contributed by atoms with E-state index in [0.717, 1.165) is 23.0 Å². The molecule has 0 saturated carbocycles. The van der Waals surface area contributed by atoms with E-state index in [1.807, 2.05) is 18.2 Å². The number of esters is 1. The van der Waals surface area contributed by atoms with Gasteiger partial charge in [-0.05, 0) is 54.0 Å². The molecule has 4 rings (SSSR count). The topological polar surface area (TPSA) is 90.0 Å². The number of carbonyl (C=O) groups is 2. The molecular formula is C26H31NO6S. The first-order valence-corrected chi connectivity index (χ1v) is 13.1. The summed E-state index contributed by atoms with van der Waals surface area (Å²) in [6.07, 6.45) is 2.46. The number of ether oxygens (including phenoxy) is 2. The highest BCUT2D eigenvalue weighted by molar-refractivity contribution is 7.91. The van der Waals surface area contributed by atoms with Crippen molar-refractivity contribution in [3.8, 4) is 11.1 Å². The number of piperidine rings is 1. The zero-order valence-corrected chi connectivity index (χ0v) is 20.5. The summed E-state index contributed by atoms with van der Waals surface area (Å²) in [7, 11) is -2.63. The number of nitrogens with zero attached hydrogens (tertiary/aromatic N) is 1. The van der Waals surface area contributed by atoms with Gasteiger partial charge in [0.15, 0.2) is 4.75 Å². The van der Waals surface area contributed by atoms with Gasteiger partial charge in [0.05, 0.1) is 7.11 Å². The Kier molecular flexibility index (Phi) is 7.21. The molecule has 0 spiro atoms. The third-order valence-electron chi connectivity index (χ3n) is 7.20. The average Bonchev–Trinajstić information content (AvgIpc) is 2.88. The maximum atomic E-state index is 13.6. The van der Waals surface area contributed by atoms with Crippen LogP contribution in [0.5, 0.6) is 0 Å². The summed E-state index contributed by atoms with van der Waals surface area (Å²) < 4.78 is 37.3. The number of rotatable bonds is 6. The first kappa shape index (κ1) is 24.6. The van der Waals surface area contributed by atoms with Gasteiger partial charge in [-0.2, -0.15) is 0 Å². The van der Waals surface area contributed by atoms with E-state index in [-0.39, 0.29) is 32.0 Å². The van der Waals surface area contributed by atoms with Gasteiger partial charge >= 0.3 is 5.97 Å². The van der Waals surface area contributed by atoms with Crippen LogP contribution < -0.4 is 0 Å². The largest absolute Gasteiger partial charge is 0.468 e. The van der Waals surface area contributed by atoms with E-state index in [0.29, 0.717) is 31.5 Å². The van der Waals surface area contributed by atoms with Crippen molar-refractivity contribution in [1.29, 1.82) is 0 Å². The fraction of sp³-hybridized carbons (Fsp3) is 0.462. The number of carbonyl (C=O) groups excluding carboxylic acids is 2. The highest BCUT2D eigenvalue weighted by Gasteiger charge is 2.55. The molecule has 2 aromatic carbocycles. The molecule has 0 atom stereocenters. The molecule has 2 fully saturated rings. The molecule has 2 aliphatic rings. The highest BCUT2D eigenvalue weighted by Crippen LogP contribution is 2.38. The predicted octanol–water partition coefficient (Wildman–Crippen LogP) is 3.71. The van der Waals surface area contributed by atoms with Crippen LogP contribution in [0.1, 0.15) is 53.1 Å². The summed E-state index contributed by atoms with van der Waals surface area (Å²) in [4.78, 5) is 23.7. The van der Waals surface area contributed by atoms with E-state index in [2.05, 4.69) is 25.1 Å². The first-order valence-electron chi connectivity index (χ1n) is 11.6. The lowest BCUT2D eigenvalue weighted by atomic mass is 9.87. The van der Waals surface area contributed by atoms with Gasteiger partial charge in [-0.25, -0.2) is 12.7 Å². The molecule has 0 amide bonds. The van der Waals surface area contributed by atoms with Gasteiger partial charge in [0, 0.05) is 44.7 Å². The van der Waals surface area contributed by atoms with Crippen molar-refractivity contribution in [3.05, 3.63) is 59.2 Å². The molecule has 0 unspecified atom stereocenters. The Morgan fingerprint density at radius 2 is 1.82 bits per heavy atom. The molecule has 34 heavy (non-hydrogen) atoms. The number of hydrogen-bond acceptors (Lipinski definition) is 6. The zero-order chi connectivity index (χ0) is 24.3. The van der Waals surface area contributed by atoms with Crippen LogP contribution in [0, 0.1) is 6.92 Å². The van der Waals surface area contributed by atoms with Crippen LogP contribution in [-0.2, 0) is 24.3 Å². The van der Waals surface area contributed by atoms with Crippen LogP contribution in [0.15, 0.2) is 42.5 Å². The summed E-state index contributed by atoms with van der Waals surface area (Å²) in [6.45, 7) is 3.25. The van der Waals surface area contributed by atoms with Crippen LogP contribution in [0.2, 0.25) is 0 Å². The van der Waals surface area contributed by atoms with Crippen molar-refractivity contribution in [3.63, 3.8) is 0 Å². The molecule has 182 valence electrons. The van der Waals surface area contributed by atoms with Crippen LogP contribution in [-0.4, -0.2) is 63.1 Å². The molecule has 0 radical (unpaired) electrons. The molecule has 0 N–H and O–H groups in total. The van der Waals surface area contributed by atoms with Gasteiger partial charge in [0.1, 0.15) is 6.29 Å². The van der Waals surface area contributed by atoms with Crippen LogP contribution in [0.4, 0.5) is 0 Å². The molecule has 2 saturated heterocycles. The summed E-state index contributed by atoms with van der Waals surface area (Å²) in [6, 6.07) is 13.9. The molecule has 8 heteroatoms. The lowest BCUT2D eigenvalue weighted by molar-refractivity contribution is -0.146. The maximum Gasteiger partial charge on any atom is 0.328 e. The van der Waals surface area contributed by atoms with Gasteiger partial charge in [0.25, 0.3) is 0 Å². The number of benzene rings is 2. The third kappa shape index (κ3) is 4.42. The molecule has 7 nitrogen and oxygen atoms in total. The third-order valence-corrected chi connectivity index (χ3v) is 9.81. The second-order valence-corrected chi connectivity index (χ2v) is 11.3. The standard InChI is InChI=1S/C26H31NO6S/c1-19-16-22(6-7-24(19)23-5-3-4-20(17-23)18-28)21-8-12-27(13-9-21)34(30,31)26(25(29)32-2)10-14-33-15-11-26/h3-7,16-18,21H,8-15H2,1-2H3. The fourth-order valence-electron chi connectivity index (χ4n) is 5.18. The molecule has 2 aliphatic heterocycles. The maximum absolute atomic E-state index is 13.6. The lowest BCUT2D eigenvalue weighted by Gasteiger charge is -2.40. The Balaban J connectivity index is 1.49. The SMILES string of the molecule is COC(=O)C1(S(=O)(=O)N2CCC(c3ccc(-c4cccc(C=O)c4)c(C)c3)CC2)CCOCC1. The Labute approximate surface area is 201 Å². The van der Waals surface area contributed by atoms with E-state index in [1.165, 1.54) is 17.0 Å². The van der Waals surface area contributed by atoms with E-state index in [4.69, 9.17) is 9.47 Å². The second kappa shape index (κ2) is 9.98. The van der Waals surface area contributed by atoms with E-state index < -0.39 is 20.7 Å². The number of aldehydes is 1. The monoisotopic (exact) mass is 485 g/mol. The molecule has 0 bridgehead atoms. The minimum absolute atomic E-state index is 0.119. The normalized spacial score (nSPS) is 19.5. The van der Waals surface area contributed by atoms with Crippen LogP contribution >= 0.6 is 0 Å². The van der Waals surface area contributed by atoms with Crippen LogP contribution in [0.3, 0.4) is 0 Å². The Bertz CT molecular complexity index is 1160. The minimum atomic E-state index is -3.87. The van der Waals surface area contributed by atoms with Crippen molar-refractivity contribution >= 4 is 22.3 Å². The summed E-state index contributed by atoms with van der Waals surface area (Å²) in [5, 5.41) is 0. The van der Waals surface area contributed by atoms with E-state index >= 15 is 0 Å². The number of aryl methyl sites for hydroxylation is 1. The van der Waals surface area contributed by atoms with Gasteiger partial charge in [-0.15, -0.1) is 0 Å². The van der Waals surface area contributed by atoms with Crippen LogP contribution in [0.25, 0.3) is 11.1 Å². The summed E-state index contributed by atoms with van der Waals surface area (Å²) in [5.74, 6) is -0.452. The second-order valence-electron chi connectivity index (χ2n) is 9.09. The van der Waals surface area contributed by atoms with Gasteiger partial charge in [-0.1, -0.05) is 36.4 Å². The number of sulfonamides is 1. The minimum Gasteiger partial charge on any atom is -0.468 e. The Morgan fingerprint density at radius 1 is 1.12 bits per heavy atom. The quantitative estimate of drug-likeness (QED) is 0.458. The lowest BCUT2D eigenvalue weighted by Crippen LogP contribution is -2.57. The van der Waals surface area contributed by atoms with Crippen molar-refractivity contribution in [1.82, 2.24) is 4.31 Å². The molecular weight excluding hydrogens is 454 g/mol. The van der Waals surface area contributed by atoms with Gasteiger partial charge in [-0.3, -0.25) is 9.59 Å². The highest BCUT2D eigenvalue weighted by atomic mass is 32.2. The molecule has 0 aliphatic carbocycles. The van der Waals surface area contributed by atoms with E-state index in [9.17, 15) is 18.0 Å².